The van der Waals surface area contributed by atoms with Crippen LogP contribution in [0.3, 0.4) is 0 Å². The van der Waals surface area contributed by atoms with Crippen LogP contribution in [0, 0.1) is 5.82 Å². The lowest BCUT2D eigenvalue weighted by Gasteiger charge is -2.20. The summed E-state index contributed by atoms with van der Waals surface area (Å²) in [6, 6.07) is 13.7. The molecule has 0 atom stereocenters. The Kier molecular flexibility index (Phi) is 4.92. The van der Waals surface area contributed by atoms with E-state index in [0.29, 0.717) is 22.2 Å². The fourth-order valence-corrected chi connectivity index (χ4v) is 2.94. The first kappa shape index (κ1) is 18.6. The number of nitrogens with two attached hydrogens (primary N) is 1. The normalized spacial score (nSPS) is 10.9. The SMILES string of the molecule is CN(c1ccc(Oc2nc3cnccc3c(=O)[nH]2)cc1)c1ccc(F)c(CN)c1. The zero-order valence-electron chi connectivity index (χ0n) is 15.6. The molecule has 4 rings (SSSR count). The number of anilines is 2. The molecule has 0 bridgehead atoms. The van der Waals surface area contributed by atoms with E-state index in [1.54, 1.807) is 30.3 Å². The molecule has 0 spiro atoms. The molecule has 7 nitrogen and oxygen atoms in total. The monoisotopic (exact) mass is 391 g/mol. The molecule has 0 amide bonds. The summed E-state index contributed by atoms with van der Waals surface area (Å²) in [5.74, 6) is 0.191. The standard InChI is InChI=1S/C21H18FN5O2/c1-27(15-4-7-18(22)13(10-15)11-23)14-2-5-16(6-3-14)29-21-25-19-12-24-9-8-17(19)20(28)26-21/h2-10,12H,11,23H2,1H3,(H,25,26,28). The molecule has 0 aliphatic carbocycles. The van der Waals surface area contributed by atoms with Gasteiger partial charge in [0.25, 0.3) is 5.56 Å². The molecule has 2 heterocycles. The zero-order chi connectivity index (χ0) is 20.4. The Morgan fingerprint density at radius 2 is 1.90 bits per heavy atom. The average Bonchev–Trinajstić information content (AvgIpc) is 2.74. The molecular formula is C21H18FN5O2. The van der Waals surface area contributed by atoms with Crippen LogP contribution < -0.4 is 20.9 Å². The second-order valence-electron chi connectivity index (χ2n) is 6.40. The van der Waals surface area contributed by atoms with Gasteiger partial charge in [-0.1, -0.05) is 0 Å². The number of H-pyrrole nitrogens is 1. The van der Waals surface area contributed by atoms with E-state index >= 15 is 0 Å². The van der Waals surface area contributed by atoms with Gasteiger partial charge in [-0.2, -0.15) is 4.98 Å². The maximum Gasteiger partial charge on any atom is 0.302 e. The number of nitrogens with zero attached hydrogens (tertiary/aromatic N) is 3. The van der Waals surface area contributed by atoms with Crippen molar-refractivity contribution in [3.8, 4) is 11.8 Å². The minimum Gasteiger partial charge on any atom is -0.426 e. The fraction of sp³-hybridized carbons (Fsp3) is 0.0952. The van der Waals surface area contributed by atoms with E-state index in [-0.39, 0.29) is 23.9 Å². The van der Waals surface area contributed by atoms with Gasteiger partial charge in [0.2, 0.25) is 0 Å². The summed E-state index contributed by atoms with van der Waals surface area (Å²) in [5.41, 5.74) is 7.88. The summed E-state index contributed by atoms with van der Waals surface area (Å²) in [4.78, 5) is 24.9. The van der Waals surface area contributed by atoms with Gasteiger partial charge in [0.05, 0.1) is 17.1 Å². The van der Waals surface area contributed by atoms with E-state index < -0.39 is 0 Å². The van der Waals surface area contributed by atoms with Gasteiger partial charge in [-0.05, 0) is 48.5 Å². The van der Waals surface area contributed by atoms with Crippen molar-refractivity contribution in [1.29, 1.82) is 0 Å². The summed E-state index contributed by atoms with van der Waals surface area (Å²) in [6.45, 7) is 0.132. The third-order valence-corrected chi connectivity index (χ3v) is 4.56. The van der Waals surface area contributed by atoms with Crippen molar-refractivity contribution < 1.29 is 9.13 Å². The number of rotatable bonds is 5. The van der Waals surface area contributed by atoms with E-state index in [4.69, 9.17) is 10.5 Å². The summed E-state index contributed by atoms with van der Waals surface area (Å²) in [7, 11) is 1.87. The van der Waals surface area contributed by atoms with Gasteiger partial charge in [0.15, 0.2) is 0 Å². The maximum absolute atomic E-state index is 13.7. The van der Waals surface area contributed by atoms with Crippen LogP contribution in [0.15, 0.2) is 65.7 Å². The van der Waals surface area contributed by atoms with E-state index in [9.17, 15) is 9.18 Å². The highest BCUT2D eigenvalue weighted by Gasteiger charge is 2.09. The highest BCUT2D eigenvalue weighted by Crippen LogP contribution is 2.28. The van der Waals surface area contributed by atoms with Crippen molar-refractivity contribution in [1.82, 2.24) is 15.0 Å². The van der Waals surface area contributed by atoms with Crippen LogP contribution in [0.25, 0.3) is 10.9 Å². The first-order valence-corrected chi connectivity index (χ1v) is 8.89. The second-order valence-corrected chi connectivity index (χ2v) is 6.40. The third-order valence-electron chi connectivity index (χ3n) is 4.56. The lowest BCUT2D eigenvalue weighted by Crippen LogP contribution is -2.11. The summed E-state index contributed by atoms with van der Waals surface area (Å²) in [5, 5.41) is 0.445. The van der Waals surface area contributed by atoms with Crippen molar-refractivity contribution in [2.45, 2.75) is 6.54 Å². The molecule has 3 N–H and O–H groups in total. The van der Waals surface area contributed by atoms with Crippen molar-refractivity contribution in [3.05, 3.63) is 82.7 Å². The lowest BCUT2D eigenvalue weighted by atomic mass is 10.1. The van der Waals surface area contributed by atoms with E-state index in [1.165, 1.54) is 18.5 Å². The van der Waals surface area contributed by atoms with Crippen LogP contribution in [0.4, 0.5) is 15.8 Å². The van der Waals surface area contributed by atoms with Crippen LogP contribution in [-0.4, -0.2) is 22.0 Å². The van der Waals surface area contributed by atoms with Crippen LogP contribution in [0.2, 0.25) is 0 Å². The van der Waals surface area contributed by atoms with Gasteiger partial charge in [-0.3, -0.25) is 14.8 Å². The number of hydrogen-bond acceptors (Lipinski definition) is 6. The van der Waals surface area contributed by atoms with Crippen LogP contribution in [-0.2, 0) is 6.54 Å². The Labute approximate surface area is 165 Å². The topological polar surface area (TPSA) is 97.1 Å². The van der Waals surface area contributed by atoms with E-state index in [0.717, 1.165) is 11.4 Å². The van der Waals surface area contributed by atoms with Crippen molar-refractivity contribution in [2.75, 3.05) is 11.9 Å². The Bertz CT molecular complexity index is 1220. The Hall–Kier alpha value is -3.78. The quantitative estimate of drug-likeness (QED) is 0.541. The molecule has 0 aliphatic rings. The molecule has 146 valence electrons. The number of ether oxygens (including phenoxy) is 1. The fourth-order valence-electron chi connectivity index (χ4n) is 2.94. The highest BCUT2D eigenvalue weighted by molar-refractivity contribution is 5.76. The molecule has 8 heteroatoms. The molecule has 0 saturated carbocycles. The number of fused-ring (bicyclic) bond motifs is 1. The highest BCUT2D eigenvalue weighted by atomic mass is 19.1. The second kappa shape index (κ2) is 7.69. The van der Waals surface area contributed by atoms with Gasteiger partial charge in [-0.25, -0.2) is 4.39 Å². The first-order valence-electron chi connectivity index (χ1n) is 8.89. The maximum atomic E-state index is 13.7. The number of benzene rings is 2. The minimum absolute atomic E-state index is 0.0859. The van der Waals surface area contributed by atoms with Crippen LogP contribution in [0.5, 0.6) is 11.8 Å². The van der Waals surface area contributed by atoms with Gasteiger partial charge >= 0.3 is 6.01 Å². The molecule has 29 heavy (non-hydrogen) atoms. The van der Waals surface area contributed by atoms with Gasteiger partial charge in [0.1, 0.15) is 11.6 Å². The largest absolute Gasteiger partial charge is 0.426 e. The smallest absolute Gasteiger partial charge is 0.302 e. The predicted molar refractivity (Wildman–Crippen MR) is 109 cm³/mol. The molecule has 0 fully saturated rings. The van der Waals surface area contributed by atoms with Crippen LogP contribution >= 0.6 is 0 Å². The lowest BCUT2D eigenvalue weighted by molar-refractivity contribution is 0.443. The first-order chi connectivity index (χ1) is 14.0. The Morgan fingerprint density at radius 3 is 2.66 bits per heavy atom. The number of halogens is 1. The molecule has 0 radical (unpaired) electrons. The Morgan fingerprint density at radius 1 is 1.14 bits per heavy atom. The summed E-state index contributed by atoms with van der Waals surface area (Å²) >= 11 is 0. The number of nitrogens with one attached hydrogen (secondary N) is 1. The molecular weight excluding hydrogens is 373 g/mol. The number of aromatic nitrogens is 3. The molecule has 0 saturated heterocycles. The van der Waals surface area contributed by atoms with Crippen molar-refractivity contribution in [3.63, 3.8) is 0 Å². The molecule has 4 aromatic rings. The molecule has 0 aliphatic heterocycles. The molecule has 2 aromatic carbocycles. The number of aromatic amines is 1. The molecule has 0 unspecified atom stereocenters. The number of pyridine rings is 1. The van der Waals surface area contributed by atoms with E-state index in [1.807, 2.05) is 24.1 Å². The van der Waals surface area contributed by atoms with E-state index in [2.05, 4.69) is 15.0 Å². The van der Waals surface area contributed by atoms with Crippen molar-refractivity contribution in [2.24, 2.45) is 5.73 Å². The number of hydrogen-bond donors (Lipinski definition) is 2. The summed E-state index contributed by atoms with van der Waals surface area (Å²) in [6.07, 6.45) is 3.04. The Balaban J connectivity index is 1.56. The van der Waals surface area contributed by atoms with Gasteiger partial charge < -0.3 is 15.4 Å². The predicted octanol–water partition coefficient (Wildman–Crippen LogP) is 3.48. The van der Waals surface area contributed by atoms with Gasteiger partial charge in [-0.15, -0.1) is 0 Å². The van der Waals surface area contributed by atoms with Crippen molar-refractivity contribution >= 4 is 22.3 Å². The average molecular weight is 391 g/mol. The minimum atomic E-state index is -0.319. The summed E-state index contributed by atoms with van der Waals surface area (Å²) < 4.78 is 19.4. The molecule has 2 aromatic heterocycles. The van der Waals surface area contributed by atoms with Gasteiger partial charge in [0, 0.05) is 36.7 Å². The zero-order valence-corrected chi connectivity index (χ0v) is 15.6. The third kappa shape index (κ3) is 3.78. The van der Waals surface area contributed by atoms with Crippen LogP contribution in [0.1, 0.15) is 5.56 Å².